The molecule has 0 aliphatic carbocycles. The number of para-hydroxylation sites is 1. The predicted octanol–water partition coefficient (Wildman–Crippen LogP) is 5.09. The number of thioether (sulfide) groups is 1. The normalized spacial score (nSPS) is 11.2. The molecule has 0 atom stereocenters. The fourth-order valence-corrected chi connectivity index (χ4v) is 4.44. The van der Waals surface area contributed by atoms with E-state index in [0.717, 1.165) is 16.2 Å². The van der Waals surface area contributed by atoms with Gasteiger partial charge in [-0.3, -0.25) is 4.72 Å². The van der Waals surface area contributed by atoms with Crippen LogP contribution in [0.15, 0.2) is 88.7 Å². The van der Waals surface area contributed by atoms with E-state index in [0.29, 0.717) is 5.69 Å². The van der Waals surface area contributed by atoms with Crippen molar-refractivity contribution < 1.29 is 8.42 Å². The average molecular weight is 370 g/mol. The maximum atomic E-state index is 12.6. The Hall–Kier alpha value is -2.24. The quantitative estimate of drug-likeness (QED) is 0.616. The molecule has 0 radical (unpaired) electrons. The minimum atomic E-state index is -3.60. The summed E-state index contributed by atoms with van der Waals surface area (Å²) in [5, 5.41) is 0. The number of benzene rings is 3. The van der Waals surface area contributed by atoms with Crippen molar-refractivity contribution in [2.75, 3.05) is 4.72 Å². The average Bonchev–Trinajstić information content (AvgIpc) is 2.62. The molecule has 0 spiro atoms. The van der Waals surface area contributed by atoms with Crippen LogP contribution in [0.4, 0.5) is 5.69 Å². The SMILES string of the molecule is Cc1ccc(S(=O)(=O)Nc2ccccc2SCc2ccccc2)cc1. The highest BCUT2D eigenvalue weighted by Crippen LogP contribution is 2.31. The highest BCUT2D eigenvalue weighted by atomic mass is 32.2. The third-order valence-corrected chi connectivity index (χ3v) is 6.23. The smallest absolute Gasteiger partial charge is 0.261 e. The fraction of sp³-hybridized carbons (Fsp3) is 0.100. The van der Waals surface area contributed by atoms with Crippen LogP contribution in [-0.4, -0.2) is 8.42 Å². The van der Waals surface area contributed by atoms with Crippen molar-refractivity contribution in [1.29, 1.82) is 0 Å². The zero-order chi connectivity index (χ0) is 17.7. The largest absolute Gasteiger partial charge is 0.278 e. The molecule has 3 aromatic carbocycles. The number of hydrogen-bond donors (Lipinski definition) is 1. The molecular weight excluding hydrogens is 350 g/mol. The molecule has 3 nitrogen and oxygen atoms in total. The van der Waals surface area contributed by atoms with Crippen molar-refractivity contribution in [1.82, 2.24) is 0 Å². The third-order valence-electron chi connectivity index (χ3n) is 3.70. The van der Waals surface area contributed by atoms with E-state index in [1.807, 2.05) is 43.3 Å². The Kier molecular flexibility index (Phi) is 5.46. The van der Waals surface area contributed by atoms with Gasteiger partial charge in [0.05, 0.1) is 10.6 Å². The number of hydrogen-bond acceptors (Lipinski definition) is 3. The zero-order valence-corrected chi connectivity index (χ0v) is 15.5. The second-order valence-electron chi connectivity index (χ2n) is 5.69. The summed E-state index contributed by atoms with van der Waals surface area (Å²) in [4.78, 5) is 1.17. The summed E-state index contributed by atoms with van der Waals surface area (Å²) in [6.07, 6.45) is 0. The summed E-state index contributed by atoms with van der Waals surface area (Å²) in [5.74, 6) is 0.782. The first-order valence-electron chi connectivity index (χ1n) is 7.90. The maximum Gasteiger partial charge on any atom is 0.261 e. The molecule has 0 bridgehead atoms. The van der Waals surface area contributed by atoms with Crippen LogP contribution in [-0.2, 0) is 15.8 Å². The van der Waals surface area contributed by atoms with Gasteiger partial charge in [0.2, 0.25) is 0 Å². The molecule has 3 rings (SSSR count). The number of aryl methyl sites for hydroxylation is 1. The second kappa shape index (κ2) is 7.76. The number of nitrogens with one attached hydrogen (secondary N) is 1. The summed E-state index contributed by atoms with van der Waals surface area (Å²) in [5.41, 5.74) is 2.82. The van der Waals surface area contributed by atoms with Crippen molar-refractivity contribution in [2.45, 2.75) is 22.5 Å². The van der Waals surface area contributed by atoms with E-state index < -0.39 is 10.0 Å². The maximum absolute atomic E-state index is 12.6. The van der Waals surface area contributed by atoms with Crippen LogP contribution >= 0.6 is 11.8 Å². The Balaban J connectivity index is 1.79. The van der Waals surface area contributed by atoms with Crippen LogP contribution in [0.25, 0.3) is 0 Å². The Morgan fingerprint density at radius 3 is 2.20 bits per heavy atom. The van der Waals surface area contributed by atoms with Gasteiger partial charge in [0.25, 0.3) is 10.0 Å². The minimum Gasteiger partial charge on any atom is -0.278 e. The van der Waals surface area contributed by atoms with E-state index in [4.69, 9.17) is 0 Å². The molecule has 25 heavy (non-hydrogen) atoms. The van der Waals surface area contributed by atoms with E-state index >= 15 is 0 Å². The minimum absolute atomic E-state index is 0.265. The summed E-state index contributed by atoms with van der Waals surface area (Å²) in [6.45, 7) is 1.93. The van der Waals surface area contributed by atoms with Crippen molar-refractivity contribution in [3.63, 3.8) is 0 Å². The predicted molar refractivity (Wildman–Crippen MR) is 104 cm³/mol. The summed E-state index contributed by atoms with van der Waals surface area (Å²) < 4.78 is 27.9. The van der Waals surface area contributed by atoms with Crippen LogP contribution in [0.5, 0.6) is 0 Å². The van der Waals surface area contributed by atoms with Crippen LogP contribution < -0.4 is 4.72 Å². The van der Waals surface area contributed by atoms with Crippen molar-refractivity contribution >= 4 is 27.5 Å². The van der Waals surface area contributed by atoms with Crippen LogP contribution in [0.2, 0.25) is 0 Å². The molecule has 0 aliphatic heterocycles. The van der Waals surface area contributed by atoms with E-state index in [9.17, 15) is 8.42 Å². The third kappa shape index (κ3) is 4.65. The number of sulfonamides is 1. The Morgan fingerprint density at radius 1 is 0.840 bits per heavy atom. The first kappa shape index (κ1) is 17.6. The zero-order valence-electron chi connectivity index (χ0n) is 13.8. The van der Waals surface area contributed by atoms with Crippen LogP contribution in [0.1, 0.15) is 11.1 Å². The van der Waals surface area contributed by atoms with Crippen molar-refractivity contribution in [3.8, 4) is 0 Å². The van der Waals surface area contributed by atoms with Gasteiger partial charge >= 0.3 is 0 Å². The van der Waals surface area contributed by atoms with Gasteiger partial charge in [0, 0.05) is 10.6 Å². The van der Waals surface area contributed by atoms with Crippen LogP contribution in [0, 0.1) is 6.92 Å². The molecule has 128 valence electrons. The second-order valence-corrected chi connectivity index (χ2v) is 8.39. The molecule has 0 saturated heterocycles. The lowest BCUT2D eigenvalue weighted by Crippen LogP contribution is -2.13. The molecule has 1 N–H and O–H groups in total. The van der Waals surface area contributed by atoms with E-state index in [1.165, 1.54) is 5.56 Å². The fourth-order valence-electron chi connectivity index (χ4n) is 2.33. The summed E-state index contributed by atoms with van der Waals surface area (Å²) in [7, 11) is -3.60. The lowest BCUT2D eigenvalue weighted by atomic mass is 10.2. The van der Waals surface area contributed by atoms with Gasteiger partial charge < -0.3 is 0 Å². The van der Waals surface area contributed by atoms with Crippen molar-refractivity contribution in [2.24, 2.45) is 0 Å². The Bertz CT molecular complexity index is 937. The highest BCUT2D eigenvalue weighted by molar-refractivity contribution is 7.98. The standard InChI is InChI=1S/C20H19NO2S2/c1-16-11-13-18(14-12-16)25(22,23)21-19-9-5-6-10-20(19)24-15-17-7-3-2-4-8-17/h2-14,21H,15H2,1H3. The Morgan fingerprint density at radius 2 is 1.48 bits per heavy atom. The lowest BCUT2D eigenvalue weighted by Gasteiger charge is -2.12. The molecule has 0 aliphatic rings. The van der Waals surface area contributed by atoms with Gasteiger partial charge in [-0.05, 0) is 36.8 Å². The van der Waals surface area contributed by atoms with Gasteiger partial charge in [0.1, 0.15) is 0 Å². The molecule has 3 aromatic rings. The summed E-state index contributed by atoms with van der Waals surface area (Å²) in [6, 6.07) is 24.4. The van der Waals surface area contributed by atoms with Gasteiger partial charge in [-0.25, -0.2) is 8.42 Å². The topological polar surface area (TPSA) is 46.2 Å². The van der Waals surface area contributed by atoms with Gasteiger partial charge in [0.15, 0.2) is 0 Å². The monoisotopic (exact) mass is 369 g/mol. The van der Waals surface area contributed by atoms with Gasteiger partial charge in [-0.2, -0.15) is 0 Å². The molecule has 0 saturated carbocycles. The van der Waals surface area contributed by atoms with E-state index in [-0.39, 0.29) is 4.90 Å². The van der Waals surface area contributed by atoms with E-state index in [2.05, 4.69) is 16.9 Å². The van der Waals surface area contributed by atoms with Crippen molar-refractivity contribution in [3.05, 3.63) is 90.0 Å². The molecule has 0 unspecified atom stereocenters. The summed E-state index contributed by atoms with van der Waals surface area (Å²) >= 11 is 1.61. The first-order chi connectivity index (χ1) is 12.0. The highest BCUT2D eigenvalue weighted by Gasteiger charge is 2.15. The van der Waals surface area contributed by atoms with Gasteiger partial charge in [-0.1, -0.05) is 60.2 Å². The lowest BCUT2D eigenvalue weighted by molar-refractivity contribution is 0.601. The number of rotatable bonds is 6. The molecule has 0 aromatic heterocycles. The Labute approximate surface area is 153 Å². The molecule has 0 amide bonds. The molecule has 5 heteroatoms. The first-order valence-corrected chi connectivity index (χ1v) is 10.4. The van der Waals surface area contributed by atoms with E-state index in [1.54, 1.807) is 42.1 Å². The number of anilines is 1. The molecular formula is C20H19NO2S2. The molecule has 0 heterocycles. The molecule has 0 fully saturated rings. The van der Waals surface area contributed by atoms with Gasteiger partial charge in [-0.15, -0.1) is 11.8 Å². The van der Waals surface area contributed by atoms with Crippen LogP contribution in [0.3, 0.4) is 0 Å².